The molecular formula is C13H18ClFO3S. The van der Waals surface area contributed by atoms with Gasteiger partial charge in [-0.25, -0.2) is 12.8 Å². The summed E-state index contributed by atoms with van der Waals surface area (Å²) in [6.07, 6.45) is 3.02. The SMILES string of the molecule is Cc1ccc(F)cc1OCCCCCCS(=O)(=O)Cl. The number of aryl methyl sites for hydroxylation is 1. The van der Waals surface area contributed by atoms with Crippen LogP contribution in [0.25, 0.3) is 0 Å². The highest BCUT2D eigenvalue weighted by Crippen LogP contribution is 2.19. The molecule has 0 heterocycles. The molecule has 0 aliphatic rings. The van der Waals surface area contributed by atoms with Gasteiger partial charge >= 0.3 is 0 Å². The fourth-order valence-corrected chi connectivity index (χ4v) is 2.52. The fraction of sp³-hybridized carbons (Fsp3) is 0.538. The third-order valence-electron chi connectivity index (χ3n) is 2.69. The van der Waals surface area contributed by atoms with E-state index >= 15 is 0 Å². The molecule has 0 fully saturated rings. The van der Waals surface area contributed by atoms with Gasteiger partial charge in [0.15, 0.2) is 0 Å². The second-order valence-corrected chi connectivity index (χ2v) is 7.31. The Bertz CT molecular complexity index is 503. The Labute approximate surface area is 118 Å². The van der Waals surface area contributed by atoms with Crippen molar-refractivity contribution >= 4 is 19.7 Å². The van der Waals surface area contributed by atoms with Crippen molar-refractivity contribution < 1.29 is 17.5 Å². The molecule has 0 spiro atoms. The number of benzene rings is 1. The molecule has 0 unspecified atom stereocenters. The predicted molar refractivity (Wildman–Crippen MR) is 74.7 cm³/mol. The molecule has 3 nitrogen and oxygen atoms in total. The molecule has 0 aromatic heterocycles. The summed E-state index contributed by atoms with van der Waals surface area (Å²) >= 11 is 0. The van der Waals surface area contributed by atoms with Crippen LogP contribution in [0.4, 0.5) is 4.39 Å². The van der Waals surface area contributed by atoms with Crippen molar-refractivity contribution in [2.75, 3.05) is 12.4 Å². The van der Waals surface area contributed by atoms with E-state index in [-0.39, 0.29) is 11.6 Å². The molecule has 1 aromatic rings. The number of rotatable bonds is 8. The monoisotopic (exact) mass is 308 g/mol. The second-order valence-electron chi connectivity index (χ2n) is 4.42. The zero-order valence-corrected chi connectivity index (χ0v) is 12.4. The molecule has 0 saturated carbocycles. The summed E-state index contributed by atoms with van der Waals surface area (Å²) in [7, 11) is 1.73. The first-order valence-electron chi connectivity index (χ1n) is 6.20. The zero-order valence-electron chi connectivity index (χ0n) is 10.9. The molecule has 0 bridgehead atoms. The first kappa shape index (κ1) is 16.2. The first-order chi connectivity index (χ1) is 8.88. The van der Waals surface area contributed by atoms with Gasteiger partial charge in [0, 0.05) is 16.7 Å². The number of hydrogen-bond donors (Lipinski definition) is 0. The smallest absolute Gasteiger partial charge is 0.232 e. The molecule has 1 aromatic carbocycles. The van der Waals surface area contributed by atoms with E-state index in [1.54, 1.807) is 6.07 Å². The van der Waals surface area contributed by atoms with Crippen LogP contribution >= 0.6 is 10.7 Å². The molecule has 0 saturated heterocycles. The molecule has 19 heavy (non-hydrogen) atoms. The second kappa shape index (κ2) is 7.70. The minimum absolute atomic E-state index is 0.0123. The quantitative estimate of drug-likeness (QED) is 0.544. The standard InChI is InChI=1S/C13H18ClFO3S/c1-11-6-7-12(15)10-13(11)18-8-4-2-3-5-9-19(14,16)17/h6-7,10H,2-5,8-9H2,1H3. The Morgan fingerprint density at radius 3 is 2.58 bits per heavy atom. The van der Waals surface area contributed by atoms with Gasteiger partial charge in [0.05, 0.1) is 12.4 Å². The number of hydrogen-bond acceptors (Lipinski definition) is 3. The third kappa shape index (κ3) is 7.38. The van der Waals surface area contributed by atoms with Gasteiger partial charge in [0.2, 0.25) is 9.05 Å². The summed E-state index contributed by atoms with van der Waals surface area (Å²) in [5, 5.41) is 0. The number of unbranched alkanes of at least 4 members (excludes halogenated alkanes) is 3. The van der Waals surface area contributed by atoms with Crippen molar-refractivity contribution in [2.24, 2.45) is 0 Å². The molecule has 0 N–H and O–H groups in total. The van der Waals surface area contributed by atoms with Crippen LogP contribution in [0.5, 0.6) is 5.75 Å². The molecule has 0 amide bonds. The predicted octanol–water partition coefficient (Wildman–Crippen LogP) is 3.64. The topological polar surface area (TPSA) is 43.4 Å². The lowest BCUT2D eigenvalue weighted by Gasteiger charge is -2.08. The van der Waals surface area contributed by atoms with Gasteiger partial charge in [-0.05, 0) is 31.4 Å². The Morgan fingerprint density at radius 1 is 1.21 bits per heavy atom. The van der Waals surface area contributed by atoms with Crippen molar-refractivity contribution in [2.45, 2.75) is 32.6 Å². The molecule has 6 heteroatoms. The molecule has 1 rings (SSSR count). The van der Waals surface area contributed by atoms with Gasteiger partial charge in [-0.3, -0.25) is 0 Å². The zero-order chi connectivity index (χ0) is 14.3. The van der Waals surface area contributed by atoms with E-state index in [4.69, 9.17) is 15.4 Å². The van der Waals surface area contributed by atoms with E-state index in [1.807, 2.05) is 6.92 Å². The summed E-state index contributed by atoms with van der Waals surface area (Å²) in [4.78, 5) is 0. The highest BCUT2D eigenvalue weighted by molar-refractivity contribution is 8.13. The van der Waals surface area contributed by atoms with Crippen LogP contribution in [0.2, 0.25) is 0 Å². The maximum absolute atomic E-state index is 13.0. The van der Waals surface area contributed by atoms with Gasteiger partial charge < -0.3 is 4.74 Å². The summed E-state index contributed by atoms with van der Waals surface area (Å²) in [6.45, 7) is 2.36. The van der Waals surface area contributed by atoms with Crippen molar-refractivity contribution in [1.82, 2.24) is 0 Å². The average molecular weight is 309 g/mol. The summed E-state index contributed by atoms with van der Waals surface area (Å²) in [5.41, 5.74) is 0.898. The minimum atomic E-state index is -3.37. The third-order valence-corrected chi connectivity index (χ3v) is 3.93. The van der Waals surface area contributed by atoms with E-state index < -0.39 is 9.05 Å². The highest BCUT2D eigenvalue weighted by atomic mass is 35.7. The maximum atomic E-state index is 13.0. The number of halogens is 2. The lowest BCUT2D eigenvalue weighted by Crippen LogP contribution is -2.00. The summed E-state index contributed by atoms with van der Waals surface area (Å²) < 4.78 is 39.8. The van der Waals surface area contributed by atoms with E-state index in [2.05, 4.69) is 0 Å². The largest absolute Gasteiger partial charge is 0.493 e. The van der Waals surface area contributed by atoms with Crippen molar-refractivity contribution in [3.05, 3.63) is 29.6 Å². The Hall–Kier alpha value is -0.810. The van der Waals surface area contributed by atoms with E-state index in [9.17, 15) is 12.8 Å². The van der Waals surface area contributed by atoms with Crippen molar-refractivity contribution in [1.29, 1.82) is 0 Å². The van der Waals surface area contributed by atoms with Crippen LogP contribution in [0, 0.1) is 12.7 Å². The van der Waals surface area contributed by atoms with E-state index in [0.717, 1.165) is 24.8 Å². The lowest BCUT2D eigenvalue weighted by atomic mass is 10.2. The van der Waals surface area contributed by atoms with Crippen molar-refractivity contribution in [3.63, 3.8) is 0 Å². The van der Waals surface area contributed by atoms with Crippen LogP contribution in [0.3, 0.4) is 0 Å². The van der Waals surface area contributed by atoms with Gasteiger partial charge in [0.1, 0.15) is 11.6 Å². The van der Waals surface area contributed by atoms with Crippen LogP contribution < -0.4 is 4.74 Å². The fourth-order valence-electron chi connectivity index (χ4n) is 1.64. The Kier molecular flexibility index (Phi) is 6.58. The molecule has 0 aliphatic carbocycles. The molecule has 0 atom stereocenters. The minimum Gasteiger partial charge on any atom is -0.493 e. The van der Waals surface area contributed by atoms with Crippen LogP contribution in [-0.4, -0.2) is 20.8 Å². The van der Waals surface area contributed by atoms with Gasteiger partial charge in [-0.15, -0.1) is 0 Å². The number of ether oxygens (including phenoxy) is 1. The Balaban J connectivity index is 2.16. The van der Waals surface area contributed by atoms with Gasteiger partial charge in [-0.1, -0.05) is 18.9 Å². The van der Waals surface area contributed by atoms with E-state index in [0.29, 0.717) is 18.8 Å². The van der Waals surface area contributed by atoms with Crippen LogP contribution in [-0.2, 0) is 9.05 Å². The summed E-state index contributed by atoms with van der Waals surface area (Å²) in [6, 6.07) is 4.44. The van der Waals surface area contributed by atoms with Crippen molar-refractivity contribution in [3.8, 4) is 5.75 Å². The molecule has 0 aliphatic heterocycles. The van der Waals surface area contributed by atoms with Crippen LogP contribution in [0.15, 0.2) is 18.2 Å². The van der Waals surface area contributed by atoms with Gasteiger partial charge in [0.25, 0.3) is 0 Å². The van der Waals surface area contributed by atoms with Gasteiger partial charge in [-0.2, -0.15) is 0 Å². The molecule has 108 valence electrons. The van der Waals surface area contributed by atoms with Crippen LogP contribution in [0.1, 0.15) is 31.2 Å². The maximum Gasteiger partial charge on any atom is 0.232 e. The first-order valence-corrected chi connectivity index (χ1v) is 8.67. The van der Waals surface area contributed by atoms with E-state index in [1.165, 1.54) is 12.1 Å². The Morgan fingerprint density at radius 2 is 1.89 bits per heavy atom. The molecular weight excluding hydrogens is 291 g/mol. The molecule has 0 radical (unpaired) electrons. The summed E-state index contributed by atoms with van der Waals surface area (Å²) in [5.74, 6) is 0.259. The average Bonchev–Trinajstić information content (AvgIpc) is 2.31. The lowest BCUT2D eigenvalue weighted by molar-refractivity contribution is 0.301. The highest BCUT2D eigenvalue weighted by Gasteiger charge is 2.04. The normalized spacial score (nSPS) is 11.5.